The van der Waals surface area contributed by atoms with E-state index in [4.69, 9.17) is 4.74 Å². The van der Waals surface area contributed by atoms with Crippen molar-refractivity contribution in [2.75, 3.05) is 11.9 Å². The van der Waals surface area contributed by atoms with Crippen molar-refractivity contribution in [1.82, 2.24) is 20.4 Å². The van der Waals surface area contributed by atoms with Crippen LogP contribution in [0.3, 0.4) is 0 Å². The first-order chi connectivity index (χ1) is 12.9. The predicted octanol–water partition coefficient (Wildman–Crippen LogP) is 3.64. The minimum absolute atomic E-state index is 0.628. The Morgan fingerprint density at radius 3 is 3.12 bits per heavy atom. The van der Waals surface area contributed by atoms with Crippen LogP contribution < -0.4 is 5.32 Å². The van der Waals surface area contributed by atoms with Gasteiger partial charge in [-0.25, -0.2) is 0 Å². The molecule has 6 heteroatoms. The summed E-state index contributed by atoms with van der Waals surface area (Å²) in [5.74, 6) is 0. The number of nitrogens with zero attached hydrogens (tertiary/aromatic N) is 2. The van der Waals surface area contributed by atoms with Crippen molar-refractivity contribution in [1.29, 1.82) is 0 Å². The van der Waals surface area contributed by atoms with Crippen LogP contribution in [0.4, 0.5) is 5.69 Å². The molecular formula is C20H19N5O. The lowest BCUT2D eigenvalue weighted by Gasteiger charge is -2.13. The second-order valence-electron chi connectivity index (χ2n) is 6.56. The van der Waals surface area contributed by atoms with Gasteiger partial charge in [-0.05, 0) is 23.8 Å². The average molecular weight is 345 g/mol. The van der Waals surface area contributed by atoms with Gasteiger partial charge in [0, 0.05) is 40.9 Å². The number of nitrogens with one attached hydrogen (secondary N) is 3. The Balaban J connectivity index is 1.37. The van der Waals surface area contributed by atoms with Crippen molar-refractivity contribution < 1.29 is 4.74 Å². The molecule has 0 bridgehead atoms. The van der Waals surface area contributed by atoms with Crippen LogP contribution in [-0.4, -0.2) is 27.0 Å². The summed E-state index contributed by atoms with van der Waals surface area (Å²) in [6.45, 7) is 2.14. The van der Waals surface area contributed by atoms with Gasteiger partial charge in [0.05, 0.1) is 30.6 Å². The molecule has 1 aliphatic rings. The van der Waals surface area contributed by atoms with Crippen LogP contribution in [0.15, 0.2) is 48.7 Å². The zero-order chi connectivity index (χ0) is 17.3. The van der Waals surface area contributed by atoms with Crippen molar-refractivity contribution in [3.05, 3.63) is 65.5 Å². The summed E-state index contributed by atoms with van der Waals surface area (Å²) in [5.41, 5.74) is 7.79. The molecular weight excluding hydrogens is 326 g/mol. The third-order valence-corrected chi connectivity index (χ3v) is 4.83. The van der Waals surface area contributed by atoms with E-state index in [9.17, 15) is 0 Å². The molecule has 1 aliphatic heterocycles. The fourth-order valence-electron chi connectivity index (χ4n) is 3.43. The molecule has 0 atom stereocenters. The summed E-state index contributed by atoms with van der Waals surface area (Å²) >= 11 is 0. The molecule has 5 rings (SSSR count). The minimum Gasteiger partial charge on any atom is -0.381 e. The van der Waals surface area contributed by atoms with E-state index in [0.717, 1.165) is 47.4 Å². The van der Waals surface area contributed by atoms with E-state index in [0.29, 0.717) is 6.61 Å². The number of hydrogen-bond donors (Lipinski definition) is 3. The van der Waals surface area contributed by atoms with Gasteiger partial charge in [0.2, 0.25) is 0 Å². The Morgan fingerprint density at radius 1 is 1.12 bits per heavy atom. The van der Waals surface area contributed by atoms with Crippen molar-refractivity contribution >= 4 is 16.6 Å². The van der Waals surface area contributed by atoms with Gasteiger partial charge in [0.15, 0.2) is 0 Å². The molecule has 3 heterocycles. The van der Waals surface area contributed by atoms with E-state index in [1.807, 2.05) is 6.20 Å². The molecule has 4 aromatic rings. The first kappa shape index (κ1) is 15.2. The lowest BCUT2D eigenvalue weighted by Crippen LogP contribution is -2.08. The molecule has 0 radical (unpaired) electrons. The van der Waals surface area contributed by atoms with Crippen LogP contribution in [-0.2, 0) is 24.3 Å². The predicted molar refractivity (Wildman–Crippen MR) is 101 cm³/mol. The van der Waals surface area contributed by atoms with Crippen LogP contribution in [0.25, 0.3) is 22.2 Å². The Morgan fingerprint density at radius 2 is 2.12 bits per heavy atom. The summed E-state index contributed by atoms with van der Waals surface area (Å²) in [5, 5.41) is 19.4. The van der Waals surface area contributed by atoms with Crippen LogP contribution in [0.5, 0.6) is 0 Å². The van der Waals surface area contributed by atoms with Gasteiger partial charge in [0.25, 0.3) is 0 Å². The number of fused-ring (bicyclic) bond motifs is 2. The van der Waals surface area contributed by atoms with Crippen LogP contribution in [0.1, 0.15) is 16.8 Å². The quantitative estimate of drug-likeness (QED) is 0.528. The first-order valence-corrected chi connectivity index (χ1v) is 8.77. The topological polar surface area (TPSA) is 78.6 Å². The first-order valence-electron chi connectivity index (χ1n) is 8.77. The van der Waals surface area contributed by atoms with Crippen molar-refractivity contribution in [2.45, 2.75) is 19.6 Å². The number of benzene rings is 2. The van der Waals surface area contributed by atoms with Crippen LogP contribution in [0.2, 0.25) is 0 Å². The molecule has 0 spiro atoms. The third-order valence-electron chi connectivity index (χ3n) is 4.83. The number of anilines is 1. The molecule has 3 N–H and O–H groups in total. The van der Waals surface area contributed by atoms with Crippen LogP contribution in [0, 0.1) is 0 Å². The second-order valence-corrected chi connectivity index (χ2v) is 6.56. The molecule has 0 aliphatic carbocycles. The zero-order valence-electron chi connectivity index (χ0n) is 14.2. The van der Waals surface area contributed by atoms with Crippen molar-refractivity contribution in [3.8, 4) is 11.3 Å². The van der Waals surface area contributed by atoms with Crippen molar-refractivity contribution in [3.63, 3.8) is 0 Å². The van der Waals surface area contributed by atoms with Gasteiger partial charge in [-0.3, -0.25) is 10.2 Å². The number of rotatable bonds is 4. The van der Waals surface area contributed by atoms with Gasteiger partial charge in [0.1, 0.15) is 0 Å². The maximum absolute atomic E-state index is 5.60. The lowest BCUT2D eigenvalue weighted by molar-refractivity contribution is 0.110. The Labute approximate surface area is 150 Å². The van der Waals surface area contributed by atoms with Gasteiger partial charge in [-0.15, -0.1) is 0 Å². The van der Waals surface area contributed by atoms with E-state index in [2.05, 4.69) is 68.2 Å². The van der Waals surface area contributed by atoms with E-state index in [1.54, 1.807) is 0 Å². The molecule has 0 unspecified atom stereocenters. The molecule has 0 saturated heterocycles. The number of hydrogen-bond acceptors (Lipinski definition) is 4. The molecule has 2 aromatic heterocycles. The second kappa shape index (κ2) is 6.31. The normalized spacial score (nSPS) is 13.7. The maximum atomic E-state index is 5.60. The highest BCUT2D eigenvalue weighted by Gasteiger charge is 2.18. The van der Waals surface area contributed by atoms with Gasteiger partial charge < -0.3 is 10.1 Å². The summed E-state index contributed by atoms with van der Waals surface area (Å²) in [6, 6.07) is 14.7. The SMILES string of the molecule is c1cc(NCc2ccc3cn[nH]c3c2)cc(-c2n[nH]c3c2COCC3)c1. The van der Waals surface area contributed by atoms with E-state index >= 15 is 0 Å². The highest BCUT2D eigenvalue weighted by Crippen LogP contribution is 2.29. The number of aromatic amines is 2. The van der Waals surface area contributed by atoms with Crippen LogP contribution >= 0.6 is 0 Å². The zero-order valence-corrected chi connectivity index (χ0v) is 14.2. The van der Waals surface area contributed by atoms with E-state index < -0.39 is 0 Å². The fraction of sp³-hybridized carbons (Fsp3) is 0.200. The Hall–Kier alpha value is -3.12. The Kier molecular flexibility index (Phi) is 3.68. The number of aromatic nitrogens is 4. The summed E-state index contributed by atoms with van der Waals surface area (Å²) in [7, 11) is 0. The molecule has 0 fully saturated rings. The van der Waals surface area contributed by atoms with E-state index in [1.165, 1.54) is 16.8 Å². The summed E-state index contributed by atoms with van der Waals surface area (Å²) < 4.78 is 5.60. The molecule has 6 nitrogen and oxygen atoms in total. The van der Waals surface area contributed by atoms with Gasteiger partial charge in [-0.1, -0.05) is 24.3 Å². The number of ether oxygens (including phenoxy) is 1. The van der Waals surface area contributed by atoms with Gasteiger partial charge in [-0.2, -0.15) is 10.2 Å². The molecule has 2 aromatic carbocycles. The molecule has 0 saturated carbocycles. The average Bonchev–Trinajstić information content (AvgIpc) is 3.33. The largest absolute Gasteiger partial charge is 0.381 e. The highest BCUT2D eigenvalue weighted by molar-refractivity contribution is 5.78. The monoisotopic (exact) mass is 345 g/mol. The minimum atomic E-state index is 0.628. The third kappa shape index (κ3) is 2.74. The standard InChI is InChI=1S/C20H19N5O/c1-2-14(20-17-12-26-7-6-18(17)24-25-20)9-16(3-1)21-10-13-4-5-15-11-22-23-19(15)8-13/h1-5,8-9,11,21H,6-7,10,12H2,(H,22,23)(H,24,25). The smallest absolute Gasteiger partial charge is 0.0979 e. The molecule has 26 heavy (non-hydrogen) atoms. The fourth-order valence-corrected chi connectivity index (χ4v) is 3.43. The molecule has 130 valence electrons. The van der Waals surface area contributed by atoms with Crippen molar-refractivity contribution in [2.24, 2.45) is 0 Å². The maximum Gasteiger partial charge on any atom is 0.0979 e. The summed E-state index contributed by atoms with van der Waals surface area (Å²) in [4.78, 5) is 0. The molecule has 0 amide bonds. The van der Waals surface area contributed by atoms with E-state index in [-0.39, 0.29) is 0 Å². The summed E-state index contributed by atoms with van der Waals surface area (Å²) in [6.07, 6.45) is 2.74. The Bertz CT molecular complexity index is 1060. The lowest BCUT2D eigenvalue weighted by atomic mass is 10.0. The number of H-pyrrole nitrogens is 2. The highest BCUT2D eigenvalue weighted by atomic mass is 16.5. The van der Waals surface area contributed by atoms with Gasteiger partial charge >= 0.3 is 0 Å².